The zero-order chi connectivity index (χ0) is 17.7. The van der Waals surface area contributed by atoms with Crippen molar-refractivity contribution < 1.29 is 0 Å². The minimum atomic E-state index is 0.760. The molecule has 0 saturated heterocycles. The number of nitrogens with zero attached hydrogens (tertiary/aromatic N) is 1. The molecule has 0 N–H and O–H groups in total. The number of hydrogen-bond donors (Lipinski definition) is 0. The molecule has 2 fully saturated rings. The van der Waals surface area contributed by atoms with E-state index in [1.807, 2.05) is 0 Å². The van der Waals surface area contributed by atoms with Crippen molar-refractivity contribution in [1.82, 2.24) is 0 Å². The minimum Gasteiger partial charge on any atom is -0.198 e. The lowest BCUT2D eigenvalue weighted by Gasteiger charge is -2.32. The van der Waals surface area contributed by atoms with Crippen LogP contribution in [0.25, 0.3) is 0 Å². The molecule has 0 radical (unpaired) electrons. The summed E-state index contributed by atoms with van der Waals surface area (Å²) in [5.41, 5.74) is 0. The number of nitriles is 1. The van der Waals surface area contributed by atoms with Crippen molar-refractivity contribution in [3.63, 3.8) is 0 Å². The Balaban J connectivity index is 1.49. The molecule has 0 atom stereocenters. The molecule has 0 aromatic heterocycles. The quantitative estimate of drug-likeness (QED) is 0.347. The van der Waals surface area contributed by atoms with Gasteiger partial charge in [0, 0.05) is 6.42 Å². The molecule has 2 aliphatic rings. The normalized spacial score (nSPS) is 30.1. The molecule has 144 valence electrons. The van der Waals surface area contributed by atoms with Gasteiger partial charge in [0.05, 0.1) is 6.07 Å². The summed E-state index contributed by atoms with van der Waals surface area (Å²) in [6.45, 7) is 2.32. The van der Waals surface area contributed by atoms with E-state index in [9.17, 15) is 0 Å². The van der Waals surface area contributed by atoms with Gasteiger partial charge in [-0.1, -0.05) is 110 Å². The van der Waals surface area contributed by atoms with E-state index in [1.165, 1.54) is 103 Å². The van der Waals surface area contributed by atoms with E-state index in [0.29, 0.717) is 0 Å². The minimum absolute atomic E-state index is 0.760. The molecule has 0 heterocycles. The van der Waals surface area contributed by atoms with Crippen molar-refractivity contribution in [3.8, 4) is 6.07 Å². The molecule has 1 heteroatoms. The zero-order valence-corrected chi connectivity index (χ0v) is 17.0. The Morgan fingerprint density at radius 3 is 1.40 bits per heavy atom. The molecule has 2 rings (SSSR count). The summed E-state index contributed by atoms with van der Waals surface area (Å²) in [5, 5.41) is 8.62. The second-order valence-electron chi connectivity index (χ2n) is 9.25. The molecule has 2 saturated carbocycles. The van der Waals surface area contributed by atoms with Crippen LogP contribution in [0.2, 0.25) is 0 Å². The fourth-order valence-corrected chi connectivity index (χ4v) is 5.41. The Kier molecular flexibility index (Phi) is 10.6. The summed E-state index contributed by atoms with van der Waals surface area (Å²) >= 11 is 0. The molecule has 0 aliphatic heterocycles. The van der Waals surface area contributed by atoms with Crippen molar-refractivity contribution >= 4 is 0 Å². The zero-order valence-electron chi connectivity index (χ0n) is 17.0. The van der Waals surface area contributed by atoms with Crippen molar-refractivity contribution in [2.24, 2.45) is 23.7 Å². The highest BCUT2D eigenvalue weighted by Gasteiger charge is 2.24. The molecule has 25 heavy (non-hydrogen) atoms. The Morgan fingerprint density at radius 2 is 1.00 bits per heavy atom. The molecule has 0 spiro atoms. The molecule has 0 amide bonds. The van der Waals surface area contributed by atoms with Crippen LogP contribution in [0.4, 0.5) is 0 Å². The SMILES string of the molecule is CCCCC[C@H]1CC[C@H](CC[C@H]2CC[C@H](CCCCC#N)CC2)CC1. The van der Waals surface area contributed by atoms with Crippen molar-refractivity contribution in [1.29, 1.82) is 5.26 Å². The first-order chi connectivity index (χ1) is 12.3. The highest BCUT2D eigenvalue weighted by Crippen LogP contribution is 2.38. The van der Waals surface area contributed by atoms with Gasteiger partial charge in [-0.2, -0.15) is 5.26 Å². The van der Waals surface area contributed by atoms with Gasteiger partial charge in [-0.3, -0.25) is 0 Å². The van der Waals surface area contributed by atoms with E-state index in [2.05, 4.69) is 13.0 Å². The molecule has 2 aliphatic carbocycles. The van der Waals surface area contributed by atoms with Gasteiger partial charge in [0.15, 0.2) is 0 Å². The molecule has 0 bridgehead atoms. The Bertz CT molecular complexity index is 353. The molecule has 0 aromatic carbocycles. The van der Waals surface area contributed by atoms with E-state index in [0.717, 1.165) is 36.5 Å². The first kappa shape index (κ1) is 20.8. The lowest BCUT2D eigenvalue weighted by Crippen LogP contribution is -2.18. The van der Waals surface area contributed by atoms with Gasteiger partial charge < -0.3 is 0 Å². The van der Waals surface area contributed by atoms with E-state index in [-0.39, 0.29) is 0 Å². The number of rotatable bonds is 11. The maximum absolute atomic E-state index is 8.62. The lowest BCUT2D eigenvalue weighted by molar-refractivity contribution is 0.207. The van der Waals surface area contributed by atoms with Crippen molar-refractivity contribution in [3.05, 3.63) is 0 Å². The number of unbranched alkanes of at least 4 members (excludes halogenated alkanes) is 4. The van der Waals surface area contributed by atoms with Gasteiger partial charge in [-0.05, 0) is 30.1 Å². The summed E-state index contributed by atoms with van der Waals surface area (Å²) in [6.07, 6.45) is 25.5. The van der Waals surface area contributed by atoms with E-state index in [1.54, 1.807) is 0 Å². The van der Waals surface area contributed by atoms with Gasteiger partial charge in [-0.15, -0.1) is 0 Å². The Hall–Kier alpha value is -0.510. The van der Waals surface area contributed by atoms with Crippen LogP contribution in [0.1, 0.15) is 122 Å². The summed E-state index contributed by atoms with van der Waals surface area (Å²) < 4.78 is 0. The third kappa shape index (κ3) is 8.61. The topological polar surface area (TPSA) is 23.8 Å². The van der Waals surface area contributed by atoms with Crippen molar-refractivity contribution in [2.75, 3.05) is 0 Å². The smallest absolute Gasteiger partial charge is 0.0621 e. The summed E-state index contributed by atoms with van der Waals surface area (Å²) in [4.78, 5) is 0. The largest absolute Gasteiger partial charge is 0.198 e. The van der Waals surface area contributed by atoms with Crippen LogP contribution in [-0.4, -0.2) is 0 Å². The first-order valence-corrected chi connectivity index (χ1v) is 11.7. The van der Waals surface area contributed by atoms with E-state index in [4.69, 9.17) is 5.26 Å². The van der Waals surface area contributed by atoms with Crippen LogP contribution in [0, 0.1) is 35.0 Å². The average molecular weight is 346 g/mol. The lowest BCUT2D eigenvalue weighted by atomic mass is 9.74. The summed E-state index contributed by atoms with van der Waals surface area (Å²) in [6, 6.07) is 2.28. The third-order valence-electron chi connectivity index (χ3n) is 7.28. The molecular formula is C24H43N. The van der Waals surface area contributed by atoms with Gasteiger partial charge >= 0.3 is 0 Å². The highest BCUT2D eigenvalue weighted by atomic mass is 14.3. The number of hydrogen-bond acceptors (Lipinski definition) is 1. The summed E-state index contributed by atoms with van der Waals surface area (Å²) in [7, 11) is 0. The molecular weight excluding hydrogens is 302 g/mol. The van der Waals surface area contributed by atoms with E-state index >= 15 is 0 Å². The van der Waals surface area contributed by atoms with Gasteiger partial charge in [0.1, 0.15) is 0 Å². The van der Waals surface area contributed by atoms with Crippen LogP contribution in [0.5, 0.6) is 0 Å². The van der Waals surface area contributed by atoms with E-state index < -0.39 is 0 Å². The fourth-order valence-electron chi connectivity index (χ4n) is 5.41. The van der Waals surface area contributed by atoms with Crippen LogP contribution < -0.4 is 0 Å². The van der Waals surface area contributed by atoms with Crippen LogP contribution >= 0.6 is 0 Å². The average Bonchev–Trinajstić information content (AvgIpc) is 2.66. The standard InChI is InChI=1S/C24H43N/c1-2-3-5-8-21-10-14-23(15-11-21)18-19-24-16-12-22(13-17-24)9-6-4-7-20-25/h21-24H,2-19H2,1H3/t21-,22-,23-,24-. The Labute approximate surface area is 158 Å². The predicted octanol–water partition coefficient (Wildman–Crippen LogP) is 8.04. The van der Waals surface area contributed by atoms with Gasteiger partial charge in [0.25, 0.3) is 0 Å². The van der Waals surface area contributed by atoms with Gasteiger partial charge in [-0.25, -0.2) is 0 Å². The second-order valence-corrected chi connectivity index (χ2v) is 9.25. The second kappa shape index (κ2) is 12.8. The first-order valence-electron chi connectivity index (χ1n) is 11.7. The predicted molar refractivity (Wildman–Crippen MR) is 108 cm³/mol. The fraction of sp³-hybridized carbons (Fsp3) is 0.958. The molecule has 0 aromatic rings. The maximum atomic E-state index is 8.62. The maximum Gasteiger partial charge on any atom is 0.0621 e. The summed E-state index contributed by atoms with van der Waals surface area (Å²) in [5.74, 6) is 4.15. The van der Waals surface area contributed by atoms with Crippen LogP contribution in [0.15, 0.2) is 0 Å². The third-order valence-corrected chi connectivity index (χ3v) is 7.28. The molecule has 0 unspecified atom stereocenters. The van der Waals surface area contributed by atoms with Crippen LogP contribution in [0.3, 0.4) is 0 Å². The van der Waals surface area contributed by atoms with Crippen LogP contribution in [-0.2, 0) is 0 Å². The highest BCUT2D eigenvalue weighted by molar-refractivity contribution is 4.77. The van der Waals surface area contributed by atoms with Crippen molar-refractivity contribution in [2.45, 2.75) is 122 Å². The molecule has 1 nitrogen and oxygen atoms in total. The monoisotopic (exact) mass is 345 g/mol. The van der Waals surface area contributed by atoms with Gasteiger partial charge in [0.2, 0.25) is 0 Å². The Morgan fingerprint density at radius 1 is 0.600 bits per heavy atom.